The fourth-order valence-electron chi connectivity index (χ4n) is 2.10. The molecule has 1 unspecified atom stereocenters. The summed E-state index contributed by atoms with van der Waals surface area (Å²) in [6, 6.07) is 13.5. The molecule has 0 aliphatic heterocycles. The maximum Gasteiger partial charge on any atom is 0.282 e. The first-order valence-corrected chi connectivity index (χ1v) is 7.89. The molecule has 0 aromatic heterocycles. The lowest BCUT2D eigenvalue weighted by atomic mass is 10.2. The van der Waals surface area contributed by atoms with Crippen LogP contribution in [0.15, 0.2) is 53.0 Å². The van der Waals surface area contributed by atoms with Crippen LogP contribution in [0.4, 0.5) is 10.1 Å². The average Bonchev–Trinajstić information content (AvgIpc) is 2.51. The van der Waals surface area contributed by atoms with Gasteiger partial charge in [0.05, 0.1) is 7.05 Å². The summed E-state index contributed by atoms with van der Waals surface area (Å²) in [5.41, 5.74) is 1.76. The minimum atomic E-state index is -0.317. The standard InChI is InChI=1S/C17H18BrFN2O/c1-12(17(22)20-15-9-7-14(19)8-10-15)21(2)11-13-5-3-4-6-16(13)18/h3-10,12H,11H2,1-2H3,(H,20,22)/p+1/t12-/m0/s1. The molecule has 0 saturated carbocycles. The molecule has 0 saturated heterocycles. The lowest BCUT2D eigenvalue weighted by molar-refractivity contribution is -0.907. The minimum absolute atomic E-state index is 0.0869. The highest BCUT2D eigenvalue weighted by atomic mass is 79.9. The molecule has 0 radical (unpaired) electrons. The van der Waals surface area contributed by atoms with Gasteiger partial charge in [-0.15, -0.1) is 0 Å². The van der Waals surface area contributed by atoms with Crippen LogP contribution in [0.3, 0.4) is 0 Å². The molecule has 0 bridgehead atoms. The fourth-order valence-corrected chi connectivity index (χ4v) is 2.53. The van der Waals surface area contributed by atoms with Gasteiger partial charge in [0, 0.05) is 15.7 Å². The van der Waals surface area contributed by atoms with Gasteiger partial charge in [-0.05, 0) is 37.3 Å². The second-order valence-electron chi connectivity index (χ2n) is 5.33. The van der Waals surface area contributed by atoms with E-state index in [0.717, 1.165) is 21.5 Å². The van der Waals surface area contributed by atoms with Gasteiger partial charge >= 0.3 is 0 Å². The Labute approximate surface area is 138 Å². The van der Waals surface area contributed by atoms with Crippen molar-refractivity contribution in [2.45, 2.75) is 19.5 Å². The Morgan fingerprint density at radius 3 is 2.50 bits per heavy atom. The zero-order valence-corrected chi connectivity index (χ0v) is 14.2. The smallest absolute Gasteiger partial charge is 0.282 e. The number of halogens is 2. The van der Waals surface area contributed by atoms with Gasteiger partial charge in [0.25, 0.3) is 5.91 Å². The zero-order valence-electron chi connectivity index (χ0n) is 12.6. The van der Waals surface area contributed by atoms with Gasteiger partial charge in [0.15, 0.2) is 6.04 Å². The summed E-state index contributed by atoms with van der Waals surface area (Å²) in [5, 5.41) is 2.81. The molecule has 2 N–H and O–H groups in total. The first-order chi connectivity index (χ1) is 10.5. The molecule has 5 heteroatoms. The van der Waals surface area contributed by atoms with Crippen molar-refractivity contribution >= 4 is 27.5 Å². The van der Waals surface area contributed by atoms with Crippen molar-refractivity contribution in [2.75, 3.05) is 12.4 Å². The highest BCUT2D eigenvalue weighted by Gasteiger charge is 2.22. The Morgan fingerprint density at radius 1 is 1.23 bits per heavy atom. The van der Waals surface area contributed by atoms with E-state index in [1.165, 1.54) is 12.1 Å². The van der Waals surface area contributed by atoms with Crippen LogP contribution >= 0.6 is 15.9 Å². The molecule has 0 aliphatic carbocycles. The van der Waals surface area contributed by atoms with Gasteiger partial charge in [-0.3, -0.25) is 4.79 Å². The van der Waals surface area contributed by atoms with Gasteiger partial charge in [-0.2, -0.15) is 0 Å². The van der Waals surface area contributed by atoms with Gasteiger partial charge in [-0.25, -0.2) is 4.39 Å². The topological polar surface area (TPSA) is 33.5 Å². The first kappa shape index (κ1) is 16.6. The number of hydrogen-bond acceptors (Lipinski definition) is 1. The third-order valence-electron chi connectivity index (χ3n) is 3.67. The van der Waals surface area contributed by atoms with E-state index < -0.39 is 0 Å². The lowest BCUT2D eigenvalue weighted by Crippen LogP contribution is -3.12. The predicted molar refractivity (Wildman–Crippen MR) is 89.2 cm³/mol. The molecule has 3 nitrogen and oxygen atoms in total. The predicted octanol–water partition coefficient (Wildman–Crippen LogP) is 2.63. The van der Waals surface area contributed by atoms with Crippen molar-refractivity contribution in [3.63, 3.8) is 0 Å². The largest absolute Gasteiger partial charge is 0.324 e. The van der Waals surface area contributed by atoms with Crippen LogP contribution in [0.25, 0.3) is 0 Å². The summed E-state index contributed by atoms with van der Waals surface area (Å²) in [7, 11) is 1.98. The molecule has 0 fully saturated rings. The molecule has 0 spiro atoms. The monoisotopic (exact) mass is 365 g/mol. The van der Waals surface area contributed by atoms with Crippen LogP contribution < -0.4 is 10.2 Å². The molecule has 2 aromatic rings. The van der Waals surface area contributed by atoms with E-state index >= 15 is 0 Å². The maximum atomic E-state index is 12.9. The third-order valence-corrected chi connectivity index (χ3v) is 4.44. The molecule has 2 atom stereocenters. The van der Waals surface area contributed by atoms with Crippen LogP contribution in [0.5, 0.6) is 0 Å². The van der Waals surface area contributed by atoms with Crippen LogP contribution in [0.1, 0.15) is 12.5 Å². The second kappa shape index (κ2) is 7.51. The lowest BCUT2D eigenvalue weighted by Gasteiger charge is -2.21. The summed E-state index contributed by atoms with van der Waals surface area (Å²) in [5.74, 6) is -0.404. The molecular formula is C17H19BrFN2O+. The van der Waals surface area contributed by atoms with Crippen LogP contribution in [0.2, 0.25) is 0 Å². The van der Waals surface area contributed by atoms with E-state index in [1.807, 2.05) is 38.2 Å². The summed E-state index contributed by atoms with van der Waals surface area (Å²) < 4.78 is 13.9. The highest BCUT2D eigenvalue weighted by molar-refractivity contribution is 9.10. The van der Waals surface area contributed by atoms with E-state index in [-0.39, 0.29) is 17.8 Å². The maximum absolute atomic E-state index is 12.9. The number of amides is 1. The van der Waals surface area contributed by atoms with Crippen LogP contribution in [-0.4, -0.2) is 19.0 Å². The number of quaternary nitrogens is 1. The van der Waals surface area contributed by atoms with E-state index in [2.05, 4.69) is 21.2 Å². The number of rotatable bonds is 5. The van der Waals surface area contributed by atoms with Crippen molar-refractivity contribution in [1.82, 2.24) is 0 Å². The molecule has 2 rings (SSSR count). The van der Waals surface area contributed by atoms with Crippen LogP contribution in [-0.2, 0) is 11.3 Å². The molecule has 1 amide bonds. The number of nitrogens with one attached hydrogen (secondary N) is 2. The van der Waals surface area contributed by atoms with Crippen molar-refractivity contribution < 1.29 is 14.1 Å². The molecule has 0 aliphatic rings. The second-order valence-corrected chi connectivity index (χ2v) is 6.19. The highest BCUT2D eigenvalue weighted by Crippen LogP contribution is 2.14. The van der Waals surface area contributed by atoms with Gasteiger partial charge in [0.1, 0.15) is 12.4 Å². The Balaban J connectivity index is 1.97. The van der Waals surface area contributed by atoms with Gasteiger partial charge < -0.3 is 10.2 Å². The van der Waals surface area contributed by atoms with Crippen LogP contribution in [0, 0.1) is 5.82 Å². The first-order valence-electron chi connectivity index (χ1n) is 7.09. The minimum Gasteiger partial charge on any atom is -0.324 e. The van der Waals surface area contributed by atoms with Crippen molar-refractivity contribution in [3.8, 4) is 0 Å². The number of carbonyl (C=O) groups is 1. The van der Waals surface area contributed by atoms with Gasteiger partial charge in [-0.1, -0.05) is 34.1 Å². The molecular weight excluding hydrogens is 347 g/mol. The van der Waals surface area contributed by atoms with E-state index in [4.69, 9.17) is 0 Å². The number of benzene rings is 2. The fraction of sp³-hybridized carbons (Fsp3) is 0.235. The summed E-state index contributed by atoms with van der Waals surface area (Å²) in [4.78, 5) is 13.4. The SMILES string of the molecule is C[C@@H](C(=O)Nc1ccc(F)cc1)[NH+](C)Cc1ccccc1Br. The Kier molecular flexibility index (Phi) is 5.69. The quantitative estimate of drug-likeness (QED) is 0.838. The van der Waals surface area contributed by atoms with E-state index in [1.54, 1.807) is 12.1 Å². The Hall–Kier alpha value is -1.72. The third kappa shape index (κ3) is 4.39. The van der Waals surface area contributed by atoms with Crippen molar-refractivity contribution in [1.29, 1.82) is 0 Å². The molecule has 116 valence electrons. The van der Waals surface area contributed by atoms with Crippen molar-refractivity contribution in [3.05, 3.63) is 64.4 Å². The Bertz CT molecular complexity index is 645. The summed E-state index contributed by atoms with van der Waals surface area (Å²) in [6.45, 7) is 2.62. The number of carbonyl (C=O) groups excluding carboxylic acids is 1. The number of likely N-dealkylation sites (N-methyl/N-ethyl adjacent to an activating group) is 1. The normalized spacial score (nSPS) is 13.5. The molecule has 0 heterocycles. The van der Waals surface area contributed by atoms with Gasteiger partial charge in [0.2, 0.25) is 0 Å². The Morgan fingerprint density at radius 2 is 1.86 bits per heavy atom. The summed E-state index contributed by atoms with van der Waals surface area (Å²) in [6.07, 6.45) is 0. The van der Waals surface area contributed by atoms with E-state index in [0.29, 0.717) is 5.69 Å². The average molecular weight is 366 g/mol. The van der Waals surface area contributed by atoms with E-state index in [9.17, 15) is 9.18 Å². The molecule has 2 aromatic carbocycles. The molecule has 22 heavy (non-hydrogen) atoms. The summed E-state index contributed by atoms with van der Waals surface area (Å²) >= 11 is 3.52. The number of hydrogen-bond donors (Lipinski definition) is 2. The van der Waals surface area contributed by atoms with Crippen molar-refractivity contribution in [2.24, 2.45) is 0 Å². The zero-order chi connectivity index (χ0) is 16.1. The number of anilines is 1.